The monoisotopic (exact) mass is 341 g/mol. The minimum atomic E-state index is -0.774. The third-order valence-corrected chi connectivity index (χ3v) is 3.46. The lowest BCUT2D eigenvalue weighted by Gasteiger charge is -2.10. The second kappa shape index (κ2) is 5.62. The van der Waals surface area contributed by atoms with Gasteiger partial charge in [-0.1, -0.05) is 17.7 Å². The van der Waals surface area contributed by atoms with Crippen molar-refractivity contribution in [2.75, 3.05) is 7.11 Å². The number of hydrogen-bond acceptors (Lipinski definition) is 4. The number of fused-ring (bicyclic) bond motifs is 1. The average molecular weight is 342 g/mol. The van der Waals surface area contributed by atoms with Gasteiger partial charge in [-0.2, -0.15) is 4.98 Å². The fraction of sp³-hybridized carbons (Fsp3) is 0.0714. The van der Waals surface area contributed by atoms with Gasteiger partial charge in [0.25, 0.3) is 0 Å². The number of nitrogens with zero attached hydrogens (tertiary/aromatic N) is 3. The van der Waals surface area contributed by atoms with Crippen LogP contribution >= 0.6 is 23.2 Å². The Bertz CT molecular complexity index is 890. The number of pyridine rings is 1. The topological polar surface area (TPSA) is 47.9 Å². The fourth-order valence-electron chi connectivity index (χ4n) is 2.05. The van der Waals surface area contributed by atoms with Crippen LogP contribution in [0.1, 0.15) is 0 Å². The van der Waals surface area contributed by atoms with Gasteiger partial charge < -0.3 is 4.74 Å². The first kappa shape index (κ1) is 14.9. The molecule has 3 aromatic rings. The van der Waals surface area contributed by atoms with Crippen LogP contribution in [0.4, 0.5) is 8.78 Å². The number of hydrogen-bond donors (Lipinski definition) is 0. The molecule has 0 saturated carbocycles. The molecule has 0 aliphatic heterocycles. The van der Waals surface area contributed by atoms with Gasteiger partial charge in [0.05, 0.1) is 18.1 Å². The molecule has 112 valence electrons. The van der Waals surface area contributed by atoms with Gasteiger partial charge in [0.2, 0.25) is 5.28 Å². The highest BCUT2D eigenvalue weighted by Gasteiger charge is 2.19. The normalized spacial score (nSPS) is 11.0. The molecule has 0 aliphatic rings. The number of rotatable bonds is 2. The summed E-state index contributed by atoms with van der Waals surface area (Å²) in [5.41, 5.74) is -0.282. The van der Waals surface area contributed by atoms with E-state index in [1.54, 1.807) is 0 Å². The summed E-state index contributed by atoms with van der Waals surface area (Å²) < 4.78 is 33.5. The summed E-state index contributed by atoms with van der Waals surface area (Å²) in [7, 11) is 1.35. The van der Waals surface area contributed by atoms with Crippen molar-refractivity contribution in [2.45, 2.75) is 0 Å². The lowest BCUT2D eigenvalue weighted by Crippen LogP contribution is -1.99. The zero-order chi connectivity index (χ0) is 15.9. The van der Waals surface area contributed by atoms with E-state index in [-0.39, 0.29) is 38.5 Å². The first-order valence-corrected chi connectivity index (χ1v) is 6.79. The molecule has 3 rings (SSSR count). The second-order valence-corrected chi connectivity index (χ2v) is 4.99. The summed E-state index contributed by atoms with van der Waals surface area (Å²) in [5, 5.41) is 0.0131. The molecule has 2 aromatic heterocycles. The van der Waals surface area contributed by atoms with E-state index in [2.05, 4.69) is 15.0 Å². The van der Waals surface area contributed by atoms with Crippen LogP contribution in [0.2, 0.25) is 10.4 Å². The fourth-order valence-corrected chi connectivity index (χ4v) is 2.48. The summed E-state index contributed by atoms with van der Waals surface area (Å²) in [6.07, 6.45) is 0. The predicted molar refractivity (Wildman–Crippen MR) is 79.3 cm³/mol. The number of aromatic nitrogens is 3. The van der Waals surface area contributed by atoms with Crippen LogP contribution in [0.15, 0.2) is 24.3 Å². The van der Waals surface area contributed by atoms with Crippen LogP contribution in [0.3, 0.4) is 0 Å². The Morgan fingerprint density at radius 3 is 2.55 bits per heavy atom. The molecule has 0 aliphatic carbocycles. The number of methoxy groups -OCH3 is 1. The van der Waals surface area contributed by atoms with Crippen molar-refractivity contribution in [3.8, 4) is 17.0 Å². The average Bonchev–Trinajstić information content (AvgIpc) is 2.47. The second-order valence-electron chi connectivity index (χ2n) is 4.29. The van der Waals surface area contributed by atoms with Gasteiger partial charge in [-0.05, 0) is 29.8 Å². The molecule has 0 bridgehead atoms. The van der Waals surface area contributed by atoms with E-state index in [0.717, 1.165) is 6.07 Å². The molecule has 0 atom stereocenters. The van der Waals surface area contributed by atoms with E-state index in [9.17, 15) is 8.78 Å². The molecule has 2 heterocycles. The molecular formula is C14H7Cl2F2N3O. The third kappa shape index (κ3) is 2.44. The van der Waals surface area contributed by atoms with Crippen molar-refractivity contribution in [2.24, 2.45) is 0 Å². The van der Waals surface area contributed by atoms with Crippen molar-refractivity contribution >= 4 is 34.2 Å². The number of halogens is 4. The van der Waals surface area contributed by atoms with E-state index in [4.69, 9.17) is 27.9 Å². The zero-order valence-corrected chi connectivity index (χ0v) is 12.6. The molecule has 0 spiro atoms. The summed E-state index contributed by atoms with van der Waals surface area (Å²) in [5.74, 6) is -1.29. The summed E-state index contributed by atoms with van der Waals surface area (Å²) in [6.45, 7) is 0. The maximum absolute atomic E-state index is 14.4. The van der Waals surface area contributed by atoms with Crippen molar-refractivity contribution in [3.63, 3.8) is 0 Å². The minimum Gasteiger partial charge on any atom is -0.496 e. The van der Waals surface area contributed by atoms with Crippen molar-refractivity contribution in [3.05, 3.63) is 46.3 Å². The summed E-state index contributed by atoms with van der Waals surface area (Å²) in [4.78, 5) is 11.6. The molecule has 22 heavy (non-hydrogen) atoms. The molecule has 8 heteroatoms. The summed E-state index contributed by atoms with van der Waals surface area (Å²) in [6, 6.07) is 5.22. The highest BCUT2D eigenvalue weighted by molar-refractivity contribution is 6.35. The third-order valence-electron chi connectivity index (χ3n) is 3.00. The quantitative estimate of drug-likeness (QED) is 0.515. The Morgan fingerprint density at radius 1 is 1.05 bits per heavy atom. The molecule has 0 amide bonds. The maximum atomic E-state index is 14.4. The molecule has 4 nitrogen and oxygen atoms in total. The first-order chi connectivity index (χ1) is 10.5. The molecule has 1 aromatic carbocycles. The molecule has 0 N–H and O–H groups in total. The predicted octanol–water partition coefficient (Wildman–Crippen LogP) is 4.29. The van der Waals surface area contributed by atoms with Crippen molar-refractivity contribution in [1.82, 2.24) is 15.0 Å². The molecule has 0 unspecified atom stereocenters. The first-order valence-electron chi connectivity index (χ1n) is 6.03. The lowest BCUT2D eigenvalue weighted by atomic mass is 10.1. The van der Waals surface area contributed by atoms with Crippen LogP contribution in [0.5, 0.6) is 5.75 Å². The molecule has 0 fully saturated rings. The lowest BCUT2D eigenvalue weighted by molar-refractivity contribution is 0.413. The van der Waals surface area contributed by atoms with E-state index in [0.29, 0.717) is 0 Å². The number of benzene rings is 1. The molecular weight excluding hydrogens is 335 g/mol. The van der Waals surface area contributed by atoms with Gasteiger partial charge in [-0.15, -0.1) is 0 Å². The highest BCUT2D eigenvalue weighted by Crippen LogP contribution is 2.34. The van der Waals surface area contributed by atoms with E-state index < -0.39 is 11.6 Å². The SMILES string of the molecule is COc1cccc(F)c1-c1nc2nc(Cl)nc(Cl)c2cc1F. The van der Waals surface area contributed by atoms with Gasteiger partial charge in [0, 0.05) is 0 Å². The van der Waals surface area contributed by atoms with E-state index >= 15 is 0 Å². The van der Waals surface area contributed by atoms with Crippen molar-refractivity contribution in [1.29, 1.82) is 0 Å². The summed E-state index contributed by atoms with van der Waals surface area (Å²) >= 11 is 11.6. The maximum Gasteiger partial charge on any atom is 0.225 e. The Hall–Kier alpha value is -2.05. The number of ether oxygens (including phenoxy) is 1. The van der Waals surface area contributed by atoms with Crippen molar-refractivity contribution < 1.29 is 13.5 Å². The largest absolute Gasteiger partial charge is 0.496 e. The van der Waals surface area contributed by atoms with Crippen LogP contribution < -0.4 is 4.74 Å². The minimum absolute atomic E-state index is 0.0338. The zero-order valence-electron chi connectivity index (χ0n) is 11.1. The Kier molecular flexibility index (Phi) is 3.80. The van der Waals surface area contributed by atoms with E-state index in [1.807, 2.05) is 0 Å². The van der Waals surface area contributed by atoms with Gasteiger partial charge in [0.1, 0.15) is 22.4 Å². The van der Waals surface area contributed by atoms with Gasteiger partial charge in [-0.25, -0.2) is 18.7 Å². The molecule has 0 radical (unpaired) electrons. The van der Waals surface area contributed by atoms with Crippen LogP contribution in [-0.4, -0.2) is 22.1 Å². The Morgan fingerprint density at radius 2 is 1.82 bits per heavy atom. The Balaban J connectivity index is 2.35. The standard InChI is InChI=1S/C14H7Cl2F2N3O/c1-22-9-4-2-3-7(17)10(9)11-8(18)5-6-12(15)20-14(16)21-13(6)19-11/h2-5H,1H3. The van der Waals surface area contributed by atoms with E-state index in [1.165, 1.54) is 25.3 Å². The van der Waals surface area contributed by atoms with Gasteiger partial charge in [-0.3, -0.25) is 0 Å². The smallest absolute Gasteiger partial charge is 0.225 e. The molecule has 0 saturated heterocycles. The van der Waals surface area contributed by atoms with Gasteiger partial charge >= 0.3 is 0 Å². The van der Waals surface area contributed by atoms with Crippen LogP contribution in [0.25, 0.3) is 22.3 Å². The van der Waals surface area contributed by atoms with Crippen LogP contribution in [0, 0.1) is 11.6 Å². The highest BCUT2D eigenvalue weighted by atomic mass is 35.5. The van der Waals surface area contributed by atoms with Gasteiger partial charge in [0.15, 0.2) is 11.5 Å². The van der Waals surface area contributed by atoms with Crippen LogP contribution in [-0.2, 0) is 0 Å². The Labute approximate surface area is 133 Å².